The van der Waals surface area contributed by atoms with E-state index in [4.69, 9.17) is 14.2 Å². The Kier molecular flexibility index (Phi) is 8.04. The Labute approximate surface area is 227 Å². The molecular weight excluding hydrogens is 503 g/mol. The monoisotopic (exact) mass is 540 g/mol. The lowest BCUT2D eigenvalue weighted by Gasteiger charge is -2.40. The van der Waals surface area contributed by atoms with Gasteiger partial charge in [-0.3, -0.25) is 4.79 Å². The lowest BCUT2D eigenvalue weighted by molar-refractivity contribution is -0.0436. The smallest absolute Gasteiger partial charge is 0.410 e. The summed E-state index contributed by atoms with van der Waals surface area (Å²) in [6, 6.07) is 4.32. The molecule has 5 rings (SSSR count). The van der Waals surface area contributed by atoms with Crippen molar-refractivity contribution in [1.29, 1.82) is 0 Å². The Morgan fingerprint density at radius 3 is 2.74 bits per heavy atom. The molecule has 1 aromatic carbocycles. The predicted molar refractivity (Wildman–Crippen MR) is 145 cm³/mol. The molecule has 0 bridgehead atoms. The second kappa shape index (κ2) is 11.5. The summed E-state index contributed by atoms with van der Waals surface area (Å²) < 4.78 is 32.8. The molecule has 2 aromatic rings. The van der Waals surface area contributed by atoms with Gasteiger partial charge in [-0.1, -0.05) is 6.08 Å². The van der Waals surface area contributed by atoms with E-state index in [1.165, 1.54) is 18.3 Å². The Bertz CT molecular complexity index is 1320. The topological polar surface area (TPSA) is 86.1 Å². The van der Waals surface area contributed by atoms with E-state index in [0.29, 0.717) is 50.3 Å². The van der Waals surface area contributed by atoms with E-state index in [9.17, 15) is 14.0 Å². The molecule has 0 N–H and O–H groups in total. The highest BCUT2D eigenvalue weighted by molar-refractivity contribution is 5.74. The molecule has 9 nitrogen and oxygen atoms in total. The molecule has 39 heavy (non-hydrogen) atoms. The molecule has 2 fully saturated rings. The number of allylic oxidation sites excluding steroid dienone is 2. The highest BCUT2D eigenvalue weighted by Crippen LogP contribution is 2.28. The highest BCUT2D eigenvalue weighted by Gasteiger charge is 2.33. The SMILES string of the molecule is CC(C)(C)OC(=O)N(CC1=CC=C2OCCOC2C1)C1CCN(CCn2c(=O)cnc3ccc(F)cc32)CC1. The van der Waals surface area contributed by atoms with E-state index in [1.807, 2.05) is 37.8 Å². The molecule has 1 unspecified atom stereocenters. The Morgan fingerprint density at radius 2 is 1.97 bits per heavy atom. The number of hydrogen-bond acceptors (Lipinski definition) is 7. The van der Waals surface area contributed by atoms with Gasteiger partial charge in [-0.25, -0.2) is 14.2 Å². The number of carbonyl (C=O) groups is 1. The molecule has 0 radical (unpaired) electrons. The standard InChI is InChI=1S/C29H37FN4O5/c1-29(2,3)39-28(36)34(19-20-4-7-25-26(16-20)38-15-14-37-25)22-8-10-32(11-9-22)12-13-33-24-17-21(30)5-6-23(24)31-18-27(33)35/h4-7,17-18,22,26H,8-16,19H2,1-3H3. The number of amides is 1. The van der Waals surface area contributed by atoms with Crippen LogP contribution in [0, 0.1) is 5.82 Å². The first-order valence-electron chi connectivity index (χ1n) is 13.7. The third-order valence-electron chi connectivity index (χ3n) is 7.37. The normalized spacial score (nSPS) is 20.6. The van der Waals surface area contributed by atoms with Crippen LogP contribution in [-0.4, -0.2) is 82.6 Å². The first-order chi connectivity index (χ1) is 18.7. The minimum absolute atomic E-state index is 0.0319. The predicted octanol–water partition coefficient (Wildman–Crippen LogP) is 3.87. The van der Waals surface area contributed by atoms with Crippen molar-refractivity contribution in [2.24, 2.45) is 0 Å². The molecule has 0 spiro atoms. The minimum atomic E-state index is -0.593. The van der Waals surface area contributed by atoms with Crippen LogP contribution in [0.3, 0.4) is 0 Å². The number of carbonyl (C=O) groups excluding carboxylic acids is 1. The van der Waals surface area contributed by atoms with Gasteiger partial charge in [0, 0.05) is 45.2 Å². The number of benzene rings is 1. The van der Waals surface area contributed by atoms with Crippen LogP contribution < -0.4 is 5.56 Å². The van der Waals surface area contributed by atoms with Crippen molar-refractivity contribution in [3.8, 4) is 0 Å². The lowest BCUT2D eigenvalue weighted by atomic mass is 9.97. The fraction of sp³-hybridized carbons (Fsp3) is 0.552. The number of halogens is 1. The van der Waals surface area contributed by atoms with Gasteiger partial charge in [0.15, 0.2) is 0 Å². The molecule has 10 heteroatoms. The molecule has 3 heterocycles. The third-order valence-corrected chi connectivity index (χ3v) is 7.37. The number of piperidine rings is 1. The zero-order valence-electron chi connectivity index (χ0n) is 22.9. The maximum Gasteiger partial charge on any atom is 0.410 e. The molecule has 1 amide bonds. The van der Waals surface area contributed by atoms with Crippen molar-refractivity contribution in [2.75, 3.05) is 39.4 Å². The Morgan fingerprint density at radius 1 is 1.18 bits per heavy atom. The maximum atomic E-state index is 13.9. The zero-order chi connectivity index (χ0) is 27.6. The van der Waals surface area contributed by atoms with E-state index in [0.717, 1.165) is 37.3 Å². The van der Waals surface area contributed by atoms with Crippen molar-refractivity contribution in [1.82, 2.24) is 19.4 Å². The average Bonchev–Trinajstić information content (AvgIpc) is 2.90. The number of hydrogen-bond donors (Lipinski definition) is 0. The maximum absolute atomic E-state index is 13.9. The van der Waals surface area contributed by atoms with Crippen molar-refractivity contribution >= 4 is 17.1 Å². The summed E-state index contributed by atoms with van der Waals surface area (Å²) in [4.78, 5) is 34.1. The third kappa shape index (κ3) is 6.67. The van der Waals surface area contributed by atoms with E-state index in [-0.39, 0.29) is 23.8 Å². The van der Waals surface area contributed by atoms with Crippen molar-refractivity contribution < 1.29 is 23.4 Å². The van der Waals surface area contributed by atoms with Crippen LogP contribution in [-0.2, 0) is 20.8 Å². The molecule has 2 aliphatic heterocycles. The van der Waals surface area contributed by atoms with Crippen LogP contribution in [0.25, 0.3) is 11.0 Å². The van der Waals surface area contributed by atoms with Crippen LogP contribution in [0.15, 0.2) is 52.7 Å². The molecule has 210 valence electrons. The van der Waals surface area contributed by atoms with Crippen molar-refractivity contribution in [2.45, 2.75) is 64.3 Å². The molecule has 1 atom stereocenters. The second-order valence-electron chi connectivity index (χ2n) is 11.4. The van der Waals surface area contributed by atoms with Crippen LogP contribution >= 0.6 is 0 Å². The number of nitrogens with zero attached hydrogens (tertiary/aromatic N) is 4. The van der Waals surface area contributed by atoms with Crippen LogP contribution in [0.5, 0.6) is 0 Å². The van der Waals surface area contributed by atoms with Gasteiger partial charge >= 0.3 is 6.09 Å². The highest BCUT2D eigenvalue weighted by atomic mass is 19.1. The Hall–Kier alpha value is -3.24. The van der Waals surface area contributed by atoms with E-state index in [1.54, 1.807) is 10.6 Å². The molecule has 3 aliphatic rings. The van der Waals surface area contributed by atoms with Gasteiger partial charge in [0.25, 0.3) is 5.56 Å². The van der Waals surface area contributed by atoms with Gasteiger partial charge in [-0.05, 0) is 63.5 Å². The second-order valence-corrected chi connectivity index (χ2v) is 11.4. The molecule has 1 aromatic heterocycles. The van der Waals surface area contributed by atoms with Gasteiger partial charge in [0.2, 0.25) is 0 Å². The summed E-state index contributed by atoms with van der Waals surface area (Å²) >= 11 is 0. The summed E-state index contributed by atoms with van der Waals surface area (Å²) in [5, 5.41) is 0. The number of rotatable bonds is 6. The zero-order valence-corrected chi connectivity index (χ0v) is 22.9. The first kappa shape index (κ1) is 27.3. The van der Waals surface area contributed by atoms with E-state index >= 15 is 0 Å². The lowest BCUT2D eigenvalue weighted by Crippen LogP contribution is -2.50. The fourth-order valence-corrected chi connectivity index (χ4v) is 5.41. The van der Waals surface area contributed by atoms with Crippen LogP contribution in [0.4, 0.5) is 9.18 Å². The summed E-state index contributed by atoms with van der Waals surface area (Å²) in [6.45, 7) is 9.89. The number of ether oxygens (including phenoxy) is 3. The van der Waals surface area contributed by atoms with Gasteiger partial charge < -0.3 is 28.6 Å². The van der Waals surface area contributed by atoms with Crippen LogP contribution in [0.1, 0.15) is 40.0 Å². The average molecular weight is 541 g/mol. The van der Waals surface area contributed by atoms with Gasteiger partial charge in [0.1, 0.15) is 29.9 Å². The summed E-state index contributed by atoms with van der Waals surface area (Å²) in [6.07, 6.45) is 7.14. The molecular formula is C29H37FN4O5. The number of aromatic nitrogens is 2. The first-order valence-corrected chi connectivity index (χ1v) is 13.7. The van der Waals surface area contributed by atoms with Gasteiger partial charge in [-0.15, -0.1) is 0 Å². The molecule has 2 saturated heterocycles. The quantitative estimate of drug-likeness (QED) is 0.550. The number of fused-ring (bicyclic) bond motifs is 2. The largest absolute Gasteiger partial charge is 0.493 e. The van der Waals surface area contributed by atoms with Crippen molar-refractivity contribution in [3.63, 3.8) is 0 Å². The van der Waals surface area contributed by atoms with Gasteiger partial charge in [0.05, 0.1) is 23.8 Å². The molecule has 1 aliphatic carbocycles. The summed E-state index contributed by atoms with van der Waals surface area (Å²) in [7, 11) is 0. The fourth-order valence-electron chi connectivity index (χ4n) is 5.41. The molecule has 0 saturated carbocycles. The summed E-state index contributed by atoms with van der Waals surface area (Å²) in [5.74, 6) is 0.458. The number of likely N-dealkylation sites (tertiary alicyclic amines) is 1. The Balaban J connectivity index is 1.24. The van der Waals surface area contributed by atoms with E-state index in [2.05, 4.69) is 9.88 Å². The van der Waals surface area contributed by atoms with E-state index < -0.39 is 11.4 Å². The van der Waals surface area contributed by atoms with Gasteiger partial charge in [-0.2, -0.15) is 0 Å². The summed E-state index contributed by atoms with van der Waals surface area (Å²) in [5.41, 5.74) is 1.36. The van der Waals surface area contributed by atoms with Crippen molar-refractivity contribution in [3.05, 3.63) is 64.1 Å². The minimum Gasteiger partial charge on any atom is -0.493 e. The van der Waals surface area contributed by atoms with Crippen LogP contribution in [0.2, 0.25) is 0 Å².